The molecule has 0 aliphatic rings. The van der Waals surface area contributed by atoms with E-state index in [0.717, 1.165) is 0 Å². The van der Waals surface area contributed by atoms with Crippen LogP contribution in [0, 0.1) is 0 Å². The Morgan fingerprint density at radius 2 is 2.32 bits per heavy atom. The first-order chi connectivity index (χ1) is 10.5. The maximum atomic E-state index is 12.2. The summed E-state index contributed by atoms with van der Waals surface area (Å²) in [5.41, 5.74) is 7.40. The summed E-state index contributed by atoms with van der Waals surface area (Å²) >= 11 is 2.36. The van der Waals surface area contributed by atoms with E-state index in [1.54, 1.807) is 10.9 Å². The third-order valence-electron chi connectivity index (χ3n) is 2.31. The van der Waals surface area contributed by atoms with Crippen LogP contribution in [0.4, 0.5) is 10.1 Å². The van der Waals surface area contributed by atoms with E-state index in [-0.39, 0.29) is 12.3 Å². The van der Waals surface area contributed by atoms with Gasteiger partial charge in [-0.1, -0.05) is 16.5 Å². The van der Waals surface area contributed by atoms with Crippen molar-refractivity contribution in [2.24, 2.45) is 5.16 Å². The van der Waals surface area contributed by atoms with Crippen molar-refractivity contribution in [1.29, 1.82) is 0 Å². The first-order valence-electron chi connectivity index (χ1n) is 5.83. The van der Waals surface area contributed by atoms with Crippen molar-refractivity contribution < 1.29 is 24.1 Å². The summed E-state index contributed by atoms with van der Waals surface area (Å²) in [7, 11) is 1.31. The molecular formula is C11H12N5O4S2+. The van der Waals surface area contributed by atoms with E-state index < -0.39 is 11.9 Å². The molecule has 0 unspecified atom stereocenters. The van der Waals surface area contributed by atoms with Gasteiger partial charge in [-0.3, -0.25) is 4.79 Å². The van der Waals surface area contributed by atoms with Gasteiger partial charge in [-0.25, -0.2) is 9.78 Å². The fraction of sp³-hybridized carbons (Fsp3) is 0.182. The van der Waals surface area contributed by atoms with Gasteiger partial charge in [-0.05, 0) is 0 Å². The lowest BCUT2D eigenvalue weighted by atomic mass is 10.3. The molecule has 2 rings (SSSR count). The van der Waals surface area contributed by atoms with Crippen molar-refractivity contribution in [3.8, 4) is 0 Å². The van der Waals surface area contributed by atoms with E-state index >= 15 is 0 Å². The number of carboxylic acids is 1. The van der Waals surface area contributed by atoms with Crippen molar-refractivity contribution in [3.63, 3.8) is 0 Å². The maximum Gasteiger partial charge on any atom is 0.370 e. The minimum atomic E-state index is -0.972. The number of oxime groups is 1. The first kappa shape index (κ1) is 15.9. The highest BCUT2D eigenvalue weighted by Gasteiger charge is 2.20. The molecule has 11 heteroatoms. The van der Waals surface area contributed by atoms with Gasteiger partial charge in [-0.2, -0.15) is 4.57 Å². The third-order valence-corrected chi connectivity index (χ3v) is 3.83. The summed E-state index contributed by atoms with van der Waals surface area (Å²) in [6.07, 6.45) is 1.51. The lowest BCUT2D eigenvalue weighted by molar-refractivity contribution is -0.680. The SMILES string of the molecule is CO/N=C(/C(=O)Nc1c[n+](CC(=O)O)cs1)c1csc(N)n1. The maximum absolute atomic E-state index is 12.2. The monoisotopic (exact) mass is 342 g/mol. The molecule has 2 aromatic heterocycles. The highest BCUT2D eigenvalue weighted by atomic mass is 32.1. The Kier molecular flexibility index (Phi) is 5.01. The fourth-order valence-corrected chi connectivity index (χ4v) is 2.78. The zero-order valence-corrected chi connectivity index (χ0v) is 13.0. The molecule has 2 aromatic rings. The predicted octanol–water partition coefficient (Wildman–Crippen LogP) is 0.148. The van der Waals surface area contributed by atoms with Crippen LogP contribution in [0.1, 0.15) is 5.69 Å². The zero-order chi connectivity index (χ0) is 16.1. The van der Waals surface area contributed by atoms with Crippen molar-refractivity contribution in [3.05, 3.63) is 22.8 Å². The number of aromatic nitrogens is 2. The summed E-state index contributed by atoms with van der Waals surface area (Å²) in [4.78, 5) is 31.5. The molecular weight excluding hydrogens is 330 g/mol. The number of thiazole rings is 2. The number of amides is 1. The molecule has 22 heavy (non-hydrogen) atoms. The lowest BCUT2D eigenvalue weighted by Gasteiger charge is -2.01. The Hall–Kier alpha value is -2.53. The van der Waals surface area contributed by atoms with E-state index in [9.17, 15) is 9.59 Å². The molecule has 0 aliphatic heterocycles. The molecule has 116 valence electrons. The number of carbonyl (C=O) groups is 2. The number of anilines is 2. The van der Waals surface area contributed by atoms with Gasteiger partial charge < -0.3 is 21.0 Å². The first-order valence-corrected chi connectivity index (χ1v) is 7.58. The molecule has 0 saturated heterocycles. The van der Waals surface area contributed by atoms with Gasteiger partial charge in [0.1, 0.15) is 12.8 Å². The number of rotatable bonds is 6. The van der Waals surface area contributed by atoms with Crippen LogP contribution < -0.4 is 15.6 Å². The molecule has 0 aromatic carbocycles. The Balaban J connectivity index is 2.13. The largest absolute Gasteiger partial charge is 0.477 e. The number of nitrogens with two attached hydrogens (primary N) is 1. The van der Waals surface area contributed by atoms with E-state index in [2.05, 4.69) is 20.3 Å². The average molecular weight is 342 g/mol. The minimum Gasteiger partial charge on any atom is -0.477 e. The number of hydrogen-bond donors (Lipinski definition) is 3. The Morgan fingerprint density at radius 1 is 1.55 bits per heavy atom. The molecule has 0 fully saturated rings. The van der Waals surface area contributed by atoms with Crippen LogP contribution in [-0.2, 0) is 21.0 Å². The molecule has 0 radical (unpaired) electrons. The Morgan fingerprint density at radius 3 is 2.91 bits per heavy atom. The second-order valence-corrected chi connectivity index (χ2v) is 5.71. The van der Waals surface area contributed by atoms with E-state index in [4.69, 9.17) is 10.8 Å². The van der Waals surface area contributed by atoms with Crippen LogP contribution >= 0.6 is 22.7 Å². The summed E-state index contributed by atoms with van der Waals surface area (Å²) in [5, 5.41) is 17.3. The van der Waals surface area contributed by atoms with Gasteiger partial charge in [-0.15, -0.1) is 11.3 Å². The van der Waals surface area contributed by atoms with Gasteiger partial charge in [0, 0.05) is 5.38 Å². The smallest absolute Gasteiger partial charge is 0.370 e. The van der Waals surface area contributed by atoms with E-state index in [1.165, 1.54) is 40.5 Å². The molecule has 0 spiro atoms. The number of nitrogens with zero attached hydrogens (tertiary/aromatic N) is 3. The number of carboxylic acid groups (broad SMARTS) is 1. The Bertz CT molecular complexity index is 724. The van der Waals surface area contributed by atoms with Gasteiger partial charge in [0.05, 0.1) is 0 Å². The van der Waals surface area contributed by atoms with Gasteiger partial charge in [0.2, 0.25) is 18.3 Å². The van der Waals surface area contributed by atoms with Crippen LogP contribution in [0.3, 0.4) is 0 Å². The van der Waals surface area contributed by atoms with Gasteiger partial charge in [0.25, 0.3) is 5.91 Å². The number of hydrogen-bond acceptors (Lipinski definition) is 8. The summed E-state index contributed by atoms with van der Waals surface area (Å²) in [6, 6.07) is 0. The predicted molar refractivity (Wildman–Crippen MR) is 80.9 cm³/mol. The van der Waals surface area contributed by atoms with Crippen molar-refractivity contribution in [2.75, 3.05) is 18.2 Å². The van der Waals surface area contributed by atoms with Crippen LogP contribution in [0.15, 0.2) is 22.2 Å². The molecule has 0 atom stereocenters. The Labute approximate surface area is 132 Å². The van der Waals surface area contributed by atoms with Crippen LogP contribution in [0.2, 0.25) is 0 Å². The molecule has 0 aliphatic carbocycles. The van der Waals surface area contributed by atoms with E-state index in [1.807, 2.05) is 0 Å². The molecule has 0 saturated carbocycles. The quantitative estimate of drug-likeness (QED) is 0.389. The highest BCUT2D eigenvalue weighted by Crippen LogP contribution is 2.15. The number of nitrogens with one attached hydrogen (secondary N) is 1. The fourth-order valence-electron chi connectivity index (χ4n) is 1.50. The van der Waals surface area contributed by atoms with Crippen molar-refractivity contribution >= 4 is 50.4 Å². The standard InChI is InChI=1S/C11H11N5O4S2/c1-20-15-9(6-4-21-11(12)13-6)10(19)14-7-2-16(5-22-7)3-8(17)18/h2,4-5H,3H2,1H3,(H3-,12,13,14,17,18,19)/p+1/b15-9+. The molecule has 4 N–H and O–H groups in total. The lowest BCUT2D eigenvalue weighted by Crippen LogP contribution is -2.35. The van der Waals surface area contributed by atoms with Gasteiger partial charge in [0.15, 0.2) is 15.8 Å². The number of carbonyl (C=O) groups excluding carboxylic acids is 1. The second-order valence-electron chi connectivity index (χ2n) is 3.93. The highest BCUT2D eigenvalue weighted by molar-refractivity contribution is 7.14. The van der Waals surface area contributed by atoms with E-state index in [0.29, 0.717) is 15.8 Å². The normalized spacial score (nSPS) is 11.2. The molecule has 1 amide bonds. The summed E-state index contributed by atoms with van der Waals surface area (Å²) in [5.74, 6) is -1.50. The van der Waals surface area contributed by atoms with Crippen LogP contribution in [0.25, 0.3) is 0 Å². The summed E-state index contributed by atoms with van der Waals surface area (Å²) < 4.78 is 1.44. The number of nitrogen functional groups attached to an aromatic ring is 1. The molecule has 0 bridgehead atoms. The summed E-state index contributed by atoms with van der Waals surface area (Å²) in [6.45, 7) is -0.187. The topological polar surface area (TPSA) is 131 Å². The second kappa shape index (κ2) is 6.95. The number of aliphatic carboxylic acids is 1. The minimum absolute atomic E-state index is 0.0198. The van der Waals surface area contributed by atoms with Crippen molar-refractivity contribution in [1.82, 2.24) is 4.98 Å². The zero-order valence-electron chi connectivity index (χ0n) is 11.3. The van der Waals surface area contributed by atoms with Gasteiger partial charge >= 0.3 is 5.97 Å². The third kappa shape index (κ3) is 3.99. The average Bonchev–Trinajstić information content (AvgIpc) is 3.04. The molecule has 2 heterocycles. The molecule has 9 nitrogen and oxygen atoms in total. The van der Waals surface area contributed by atoms with Crippen molar-refractivity contribution in [2.45, 2.75) is 6.54 Å². The van der Waals surface area contributed by atoms with Crippen LogP contribution in [-0.4, -0.2) is 34.8 Å². The van der Waals surface area contributed by atoms with Crippen LogP contribution in [0.5, 0.6) is 0 Å².